The van der Waals surface area contributed by atoms with Gasteiger partial charge in [0.25, 0.3) is 0 Å². The summed E-state index contributed by atoms with van der Waals surface area (Å²) in [5.74, 6) is 0.353. The fourth-order valence-corrected chi connectivity index (χ4v) is 2.66. The van der Waals surface area contributed by atoms with E-state index in [1.54, 1.807) is 12.1 Å². The molecule has 1 nitrogen and oxygen atoms in total. The zero-order valence-corrected chi connectivity index (χ0v) is 9.66. The lowest BCUT2D eigenvalue weighted by Crippen LogP contribution is -2.21. The lowest BCUT2D eigenvalue weighted by Gasteiger charge is -2.22. The summed E-state index contributed by atoms with van der Waals surface area (Å²) in [5, 5.41) is 0. The van der Waals surface area contributed by atoms with Crippen molar-refractivity contribution in [1.29, 1.82) is 0 Å². The van der Waals surface area contributed by atoms with Crippen molar-refractivity contribution >= 4 is 0 Å². The standard InChI is InChI=1S/C14H20FN/c15-13-9-5-8-12(10-13)14(16)11-6-3-1-2-4-7-11/h5,8-11,14H,1-4,6-7,16H2. The summed E-state index contributed by atoms with van der Waals surface area (Å²) in [6, 6.07) is 6.76. The molecule has 1 fully saturated rings. The largest absolute Gasteiger partial charge is 0.324 e. The highest BCUT2D eigenvalue weighted by Crippen LogP contribution is 2.31. The Labute approximate surface area is 96.9 Å². The highest BCUT2D eigenvalue weighted by atomic mass is 19.1. The first-order valence-electron chi connectivity index (χ1n) is 6.28. The summed E-state index contributed by atoms with van der Waals surface area (Å²) >= 11 is 0. The molecule has 1 saturated carbocycles. The summed E-state index contributed by atoms with van der Waals surface area (Å²) in [6.07, 6.45) is 7.58. The Bertz CT molecular complexity index is 329. The van der Waals surface area contributed by atoms with E-state index in [-0.39, 0.29) is 11.9 Å². The molecule has 0 saturated heterocycles. The normalized spacial score (nSPS) is 20.4. The van der Waals surface area contributed by atoms with Gasteiger partial charge in [0.15, 0.2) is 0 Å². The van der Waals surface area contributed by atoms with Gasteiger partial charge in [-0.1, -0.05) is 37.8 Å². The molecule has 16 heavy (non-hydrogen) atoms. The number of rotatable bonds is 2. The molecule has 2 heteroatoms. The first-order valence-corrected chi connectivity index (χ1v) is 6.28. The summed E-state index contributed by atoms with van der Waals surface area (Å²) in [7, 11) is 0. The van der Waals surface area contributed by atoms with Crippen molar-refractivity contribution in [2.24, 2.45) is 11.7 Å². The van der Waals surface area contributed by atoms with Gasteiger partial charge in [-0.3, -0.25) is 0 Å². The van der Waals surface area contributed by atoms with Crippen LogP contribution in [-0.4, -0.2) is 0 Å². The number of halogens is 1. The van der Waals surface area contributed by atoms with Crippen LogP contribution in [-0.2, 0) is 0 Å². The molecule has 0 aliphatic heterocycles. The third-order valence-corrected chi connectivity index (χ3v) is 3.64. The monoisotopic (exact) mass is 221 g/mol. The SMILES string of the molecule is NC(c1cccc(F)c1)C1CCCCCC1. The molecular formula is C14H20FN. The van der Waals surface area contributed by atoms with Crippen LogP contribution in [0.25, 0.3) is 0 Å². The molecular weight excluding hydrogens is 201 g/mol. The second-order valence-electron chi connectivity index (χ2n) is 4.83. The predicted molar refractivity (Wildman–Crippen MR) is 64.5 cm³/mol. The number of benzene rings is 1. The van der Waals surface area contributed by atoms with Crippen LogP contribution in [0.15, 0.2) is 24.3 Å². The zero-order valence-electron chi connectivity index (χ0n) is 9.66. The molecule has 1 unspecified atom stereocenters. The van der Waals surface area contributed by atoms with Crippen LogP contribution in [0.3, 0.4) is 0 Å². The van der Waals surface area contributed by atoms with E-state index in [1.807, 2.05) is 6.07 Å². The molecule has 0 bridgehead atoms. The maximum absolute atomic E-state index is 13.1. The minimum absolute atomic E-state index is 0.00815. The minimum atomic E-state index is -0.179. The lowest BCUT2D eigenvalue weighted by molar-refractivity contribution is 0.381. The molecule has 1 atom stereocenters. The van der Waals surface area contributed by atoms with Crippen molar-refractivity contribution in [3.05, 3.63) is 35.6 Å². The topological polar surface area (TPSA) is 26.0 Å². The van der Waals surface area contributed by atoms with Crippen molar-refractivity contribution in [1.82, 2.24) is 0 Å². The van der Waals surface area contributed by atoms with Gasteiger partial charge in [0.05, 0.1) is 0 Å². The van der Waals surface area contributed by atoms with E-state index in [0.717, 1.165) is 5.56 Å². The van der Waals surface area contributed by atoms with Gasteiger partial charge in [0, 0.05) is 6.04 Å². The van der Waals surface area contributed by atoms with Crippen molar-refractivity contribution in [3.8, 4) is 0 Å². The molecule has 1 aliphatic rings. The van der Waals surface area contributed by atoms with Gasteiger partial charge < -0.3 is 5.73 Å². The van der Waals surface area contributed by atoms with Gasteiger partial charge >= 0.3 is 0 Å². The molecule has 0 radical (unpaired) electrons. The van der Waals surface area contributed by atoms with E-state index in [1.165, 1.54) is 44.6 Å². The van der Waals surface area contributed by atoms with Gasteiger partial charge in [0.2, 0.25) is 0 Å². The molecule has 2 rings (SSSR count). The van der Waals surface area contributed by atoms with Crippen molar-refractivity contribution in [2.75, 3.05) is 0 Å². The second kappa shape index (κ2) is 5.44. The first kappa shape index (κ1) is 11.6. The van der Waals surface area contributed by atoms with Crippen LogP contribution in [0.4, 0.5) is 4.39 Å². The average molecular weight is 221 g/mol. The quantitative estimate of drug-likeness (QED) is 0.755. The Morgan fingerprint density at radius 3 is 2.44 bits per heavy atom. The Balaban J connectivity index is 2.07. The van der Waals surface area contributed by atoms with Gasteiger partial charge in [-0.05, 0) is 36.5 Å². The molecule has 88 valence electrons. The van der Waals surface area contributed by atoms with Crippen LogP contribution in [0.5, 0.6) is 0 Å². The summed E-state index contributed by atoms with van der Waals surface area (Å²) in [6.45, 7) is 0. The first-order chi connectivity index (χ1) is 7.77. The fraction of sp³-hybridized carbons (Fsp3) is 0.571. The number of hydrogen-bond acceptors (Lipinski definition) is 1. The maximum Gasteiger partial charge on any atom is 0.123 e. The van der Waals surface area contributed by atoms with Crippen LogP contribution in [0.1, 0.15) is 50.1 Å². The van der Waals surface area contributed by atoms with E-state index in [9.17, 15) is 4.39 Å². The summed E-state index contributed by atoms with van der Waals surface area (Å²) in [4.78, 5) is 0. The van der Waals surface area contributed by atoms with E-state index < -0.39 is 0 Å². The van der Waals surface area contributed by atoms with E-state index in [0.29, 0.717) is 5.92 Å². The van der Waals surface area contributed by atoms with Crippen LogP contribution in [0.2, 0.25) is 0 Å². The maximum atomic E-state index is 13.1. The second-order valence-corrected chi connectivity index (χ2v) is 4.83. The smallest absolute Gasteiger partial charge is 0.123 e. The Kier molecular flexibility index (Phi) is 3.94. The highest BCUT2D eigenvalue weighted by molar-refractivity contribution is 5.20. The molecule has 1 aromatic rings. The van der Waals surface area contributed by atoms with E-state index in [4.69, 9.17) is 5.73 Å². The molecule has 0 amide bonds. The predicted octanol–water partition coefficient (Wildman–Crippen LogP) is 3.80. The van der Waals surface area contributed by atoms with Crippen molar-refractivity contribution in [2.45, 2.75) is 44.6 Å². The van der Waals surface area contributed by atoms with Crippen molar-refractivity contribution < 1.29 is 4.39 Å². The Hall–Kier alpha value is -0.890. The summed E-state index contributed by atoms with van der Waals surface area (Å²) in [5.41, 5.74) is 7.19. The third kappa shape index (κ3) is 2.82. The number of nitrogens with two attached hydrogens (primary N) is 1. The third-order valence-electron chi connectivity index (χ3n) is 3.64. The lowest BCUT2D eigenvalue weighted by atomic mass is 9.88. The van der Waals surface area contributed by atoms with Gasteiger partial charge in [-0.2, -0.15) is 0 Å². The molecule has 1 aromatic carbocycles. The van der Waals surface area contributed by atoms with Crippen LogP contribution >= 0.6 is 0 Å². The molecule has 0 spiro atoms. The van der Waals surface area contributed by atoms with Crippen LogP contribution < -0.4 is 5.73 Å². The molecule has 0 heterocycles. The van der Waals surface area contributed by atoms with E-state index >= 15 is 0 Å². The molecule has 2 N–H and O–H groups in total. The highest BCUT2D eigenvalue weighted by Gasteiger charge is 2.20. The van der Waals surface area contributed by atoms with Crippen molar-refractivity contribution in [3.63, 3.8) is 0 Å². The van der Waals surface area contributed by atoms with E-state index in [2.05, 4.69) is 0 Å². The van der Waals surface area contributed by atoms with Gasteiger partial charge in [0.1, 0.15) is 5.82 Å². The minimum Gasteiger partial charge on any atom is -0.324 e. The fourth-order valence-electron chi connectivity index (χ4n) is 2.66. The van der Waals surface area contributed by atoms with Crippen LogP contribution in [0, 0.1) is 11.7 Å². The Morgan fingerprint density at radius 2 is 1.81 bits per heavy atom. The van der Waals surface area contributed by atoms with Gasteiger partial charge in [-0.25, -0.2) is 4.39 Å². The zero-order chi connectivity index (χ0) is 11.4. The molecule has 1 aliphatic carbocycles. The Morgan fingerprint density at radius 1 is 1.12 bits per heavy atom. The number of hydrogen-bond donors (Lipinski definition) is 1. The summed E-state index contributed by atoms with van der Waals surface area (Å²) < 4.78 is 13.1. The molecule has 0 aromatic heterocycles. The van der Waals surface area contributed by atoms with Gasteiger partial charge in [-0.15, -0.1) is 0 Å². The average Bonchev–Trinajstić information content (AvgIpc) is 2.56.